The molecule has 1 aromatic heterocycles. The molecule has 2 N–H and O–H groups in total. The monoisotopic (exact) mass is 274 g/mol. The summed E-state index contributed by atoms with van der Waals surface area (Å²) in [5.74, 6) is 0.997. The van der Waals surface area contributed by atoms with Crippen molar-refractivity contribution in [1.82, 2.24) is 9.55 Å². The number of hydrogen-bond acceptors (Lipinski definition) is 3. The van der Waals surface area contributed by atoms with Crippen LogP contribution in [0, 0.1) is 6.92 Å². The predicted molar refractivity (Wildman–Crippen MR) is 82.4 cm³/mol. The van der Waals surface area contributed by atoms with E-state index in [1.807, 2.05) is 43.9 Å². The zero-order valence-corrected chi connectivity index (χ0v) is 12.2. The number of imidazole rings is 1. The number of thiocarbonyl (C=S) groups is 1. The van der Waals surface area contributed by atoms with Crippen molar-refractivity contribution in [3.63, 3.8) is 0 Å². The molecule has 2 aromatic rings. The molecule has 100 valence electrons. The zero-order chi connectivity index (χ0) is 14.0. The summed E-state index contributed by atoms with van der Waals surface area (Å²) in [6.07, 6.45) is 3.74. The third-order valence-electron chi connectivity index (χ3n) is 3.13. The van der Waals surface area contributed by atoms with E-state index in [1.54, 1.807) is 6.20 Å². The number of nitrogens with zero attached hydrogens (tertiary/aromatic N) is 3. The third kappa shape index (κ3) is 2.93. The van der Waals surface area contributed by atoms with E-state index >= 15 is 0 Å². The van der Waals surface area contributed by atoms with Crippen LogP contribution in [0.2, 0.25) is 0 Å². The van der Waals surface area contributed by atoms with Crippen LogP contribution in [0.3, 0.4) is 0 Å². The molecule has 0 saturated carbocycles. The standard InChI is InChI=1S/C14H18N4S/c1-10-4-5-12(11(8-10)14(15)19)18(3)9-13-16-6-7-17(13)2/h4-8H,9H2,1-3H3,(H2,15,19). The Morgan fingerprint density at radius 1 is 1.47 bits per heavy atom. The van der Waals surface area contributed by atoms with Gasteiger partial charge in [-0.15, -0.1) is 0 Å². The maximum atomic E-state index is 5.81. The molecule has 0 atom stereocenters. The Labute approximate surface area is 118 Å². The van der Waals surface area contributed by atoms with Crippen molar-refractivity contribution in [2.24, 2.45) is 12.8 Å². The lowest BCUT2D eigenvalue weighted by Gasteiger charge is -2.22. The minimum Gasteiger partial charge on any atom is -0.389 e. The van der Waals surface area contributed by atoms with Gasteiger partial charge in [0.05, 0.1) is 6.54 Å². The van der Waals surface area contributed by atoms with E-state index in [9.17, 15) is 0 Å². The first-order valence-corrected chi connectivity index (χ1v) is 6.47. The van der Waals surface area contributed by atoms with Crippen molar-refractivity contribution in [2.45, 2.75) is 13.5 Å². The first-order valence-electron chi connectivity index (χ1n) is 6.07. The van der Waals surface area contributed by atoms with Gasteiger partial charge in [-0.05, 0) is 19.1 Å². The Morgan fingerprint density at radius 3 is 2.79 bits per heavy atom. The average molecular weight is 274 g/mol. The molecule has 0 bridgehead atoms. The highest BCUT2D eigenvalue weighted by atomic mass is 32.1. The van der Waals surface area contributed by atoms with Crippen molar-refractivity contribution in [3.05, 3.63) is 47.5 Å². The molecule has 0 unspecified atom stereocenters. The topological polar surface area (TPSA) is 47.1 Å². The summed E-state index contributed by atoms with van der Waals surface area (Å²) >= 11 is 5.13. The van der Waals surface area contributed by atoms with Gasteiger partial charge in [-0.2, -0.15) is 0 Å². The van der Waals surface area contributed by atoms with Gasteiger partial charge in [-0.3, -0.25) is 0 Å². The van der Waals surface area contributed by atoms with E-state index in [2.05, 4.69) is 16.0 Å². The van der Waals surface area contributed by atoms with E-state index in [1.165, 1.54) is 0 Å². The average Bonchev–Trinajstić information content (AvgIpc) is 2.74. The molecule has 0 saturated heterocycles. The van der Waals surface area contributed by atoms with Crippen molar-refractivity contribution >= 4 is 22.9 Å². The molecule has 0 aliphatic heterocycles. The van der Waals surface area contributed by atoms with Gasteiger partial charge >= 0.3 is 0 Å². The van der Waals surface area contributed by atoms with Gasteiger partial charge in [-0.25, -0.2) is 4.98 Å². The minimum atomic E-state index is 0.422. The molecule has 1 aromatic carbocycles. The Balaban J connectivity index is 2.31. The summed E-state index contributed by atoms with van der Waals surface area (Å²) < 4.78 is 2.01. The van der Waals surface area contributed by atoms with Crippen LogP contribution < -0.4 is 10.6 Å². The fourth-order valence-electron chi connectivity index (χ4n) is 2.03. The molecule has 1 heterocycles. The first-order chi connectivity index (χ1) is 8.99. The Bertz CT molecular complexity index is 603. The van der Waals surface area contributed by atoms with Gasteiger partial charge in [0.15, 0.2) is 0 Å². The minimum absolute atomic E-state index is 0.422. The Kier molecular flexibility index (Phi) is 3.85. The lowest BCUT2D eigenvalue weighted by molar-refractivity contribution is 0.761. The summed E-state index contributed by atoms with van der Waals surface area (Å²) in [5.41, 5.74) is 8.90. The van der Waals surface area contributed by atoms with E-state index in [0.717, 1.165) is 22.6 Å². The van der Waals surface area contributed by atoms with Crippen LogP contribution in [0.4, 0.5) is 5.69 Å². The number of nitrogens with two attached hydrogens (primary N) is 1. The van der Waals surface area contributed by atoms with Crippen molar-refractivity contribution in [2.75, 3.05) is 11.9 Å². The van der Waals surface area contributed by atoms with Gasteiger partial charge < -0.3 is 15.2 Å². The third-order valence-corrected chi connectivity index (χ3v) is 3.35. The summed E-state index contributed by atoms with van der Waals surface area (Å²) in [5, 5.41) is 0. The molecule has 0 aliphatic carbocycles. The molecule has 5 heteroatoms. The van der Waals surface area contributed by atoms with Crippen LogP contribution in [0.5, 0.6) is 0 Å². The van der Waals surface area contributed by atoms with E-state index < -0.39 is 0 Å². The fraction of sp³-hybridized carbons (Fsp3) is 0.286. The highest BCUT2D eigenvalue weighted by molar-refractivity contribution is 7.80. The largest absolute Gasteiger partial charge is 0.389 e. The SMILES string of the molecule is Cc1ccc(N(C)Cc2nccn2C)c(C(N)=S)c1. The smallest absolute Gasteiger partial charge is 0.127 e. The lowest BCUT2D eigenvalue weighted by Crippen LogP contribution is -2.23. The quantitative estimate of drug-likeness (QED) is 0.866. The number of aromatic nitrogens is 2. The van der Waals surface area contributed by atoms with Crippen LogP contribution in [-0.2, 0) is 13.6 Å². The summed E-state index contributed by atoms with van der Waals surface area (Å²) in [6.45, 7) is 2.74. The van der Waals surface area contributed by atoms with Gasteiger partial charge in [-0.1, -0.05) is 23.8 Å². The molecule has 2 rings (SSSR count). The maximum Gasteiger partial charge on any atom is 0.127 e. The molecule has 19 heavy (non-hydrogen) atoms. The molecule has 0 aliphatic rings. The molecular formula is C14H18N4S. The summed E-state index contributed by atoms with van der Waals surface area (Å²) in [4.78, 5) is 6.86. The molecular weight excluding hydrogens is 256 g/mol. The highest BCUT2D eigenvalue weighted by Crippen LogP contribution is 2.22. The van der Waals surface area contributed by atoms with Crippen LogP contribution in [0.1, 0.15) is 17.0 Å². The number of rotatable bonds is 4. The number of hydrogen-bond donors (Lipinski definition) is 1. The highest BCUT2D eigenvalue weighted by Gasteiger charge is 2.12. The second kappa shape index (κ2) is 5.40. The van der Waals surface area contributed by atoms with Crippen molar-refractivity contribution in [3.8, 4) is 0 Å². The number of aryl methyl sites for hydroxylation is 2. The van der Waals surface area contributed by atoms with Crippen LogP contribution in [0.15, 0.2) is 30.6 Å². The van der Waals surface area contributed by atoms with Crippen molar-refractivity contribution in [1.29, 1.82) is 0 Å². The number of benzene rings is 1. The molecule has 0 amide bonds. The van der Waals surface area contributed by atoms with E-state index in [-0.39, 0.29) is 0 Å². The van der Waals surface area contributed by atoms with Crippen LogP contribution >= 0.6 is 12.2 Å². The van der Waals surface area contributed by atoms with E-state index in [4.69, 9.17) is 18.0 Å². The second-order valence-corrected chi connectivity index (χ2v) is 5.14. The normalized spacial score (nSPS) is 10.5. The van der Waals surface area contributed by atoms with Gasteiger partial charge in [0, 0.05) is 37.7 Å². The Morgan fingerprint density at radius 2 is 2.21 bits per heavy atom. The van der Waals surface area contributed by atoms with E-state index in [0.29, 0.717) is 11.5 Å². The summed E-state index contributed by atoms with van der Waals surface area (Å²) in [7, 11) is 4.00. The van der Waals surface area contributed by atoms with Crippen molar-refractivity contribution < 1.29 is 0 Å². The molecule has 4 nitrogen and oxygen atoms in total. The first kappa shape index (κ1) is 13.5. The molecule has 0 fully saturated rings. The van der Waals surface area contributed by atoms with Crippen LogP contribution in [-0.4, -0.2) is 21.6 Å². The second-order valence-electron chi connectivity index (χ2n) is 4.70. The zero-order valence-electron chi connectivity index (χ0n) is 11.4. The fourth-order valence-corrected chi connectivity index (χ4v) is 2.19. The Hall–Kier alpha value is -1.88. The number of anilines is 1. The predicted octanol–water partition coefficient (Wildman–Crippen LogP) is 2.00. The van der Waals surface area contributed by atoms with Crippen LogP contribution in [0.25, 0.3) is 0 Å². The maximum absolute atomic E-state index is 5.81. The molecule has 0 spiro atoms. The summed E-state index contributed by atoms with van der Waals surface area (Å²) in [6, 6.07) is 6.13. The van der Waals surface area contributed by atoms with Gasteiger partial charge in [0.2, 0.25) is 0 Å². The molecule has 0 radical (unpaired) electrons. The lowest BCUT2D eigenvalue weighted by atomic mass is 10.1. The van der Waals surface area contributed by atoms with Gasteiger partial charge in [0.1, 0.15) is 10.8 Å². The van der Waals surface area contributed by atoms with Gasteiger partial charge in [0.25, 0.3) is 0 Å².